The summed E-state index contributed by atoms with van der Waals surface area (Å²) in [5.74, 6) is -0.111. The molecule has 0 N–H and O–H groups in total. The van der Waals surface area contributed by atoms with Crippen LogP contribution in [0.2, 0.25) is 0 Å². The van der Waals surface area contributed by atoms with Gasteiger partial charge in [-0.3, -0.25) is 14.6 Å². The molecule has 3 nitrogen and oxygen atoms in total. The van der Waals surface area contributed by atoms with Crippen LogP contribution in [0.15, 0.2) is 54.7 Å². The summed E-state index contributed by atoms with van der Waals surface area (Å²) in [5.41, 5.74) is 1.06. The summed E-state index contributed by atoms with van der Waals surface area (Å²) >= 11 is 0. The summed E-state index contributed by atoms with van der Waals surface area (Å²) < 4.78 is 0. The normalized spacial score (nSPS) is 9.30. The number of hydrogen-bond donors (Lipinski definition) is 0. The van der Waals surface area contributed by atoms with E-state index in [9.17, 15) is 9.59 Å². The molecular formula is C17H19NO2. The van der Waals surface area contributed by atoms with Gasteiger partial charge in [0.05, 0.1) is 0 Å². The molecule has 1 aromatic carbocycles. The first kappa shape index (κ1) is 15.8. The summed E-state index contributed by atoms with van der Waals surface area (Å²) in [4.78, 5) is 27.5. The Bertz CT molecular complexity index is 484. The molecule has 0 atom stereocenters. The summed E-state index contributed by atoms with van der Waals surface area (Å²) in [6.45, 7) is 4.00. The van der Waals surface area contributed by atoms with Crippen LogP contribution < -0.4 is 0 Å². The molecule has 2 aromatic rings. The zero-order valence-electron chi connectivity index (χ0n) is 11.9. The lowest BCUT2D eigenvalue weighted by Gasteiger charge is -2.00. The van der Waals surface area contributed by atoms with Crippen molar-refractivity contribution in [2.45, 2.75) is 26.7 Å². The van der Waals surface area contributed by atoms with E-state index in [0.717, 1.165) is 0 Å². The van der Waals surface area contributed by atoms with Gasteiger partial charge >= 0.3 is 0 Å². The highest BCUT2D eigenvalue weighted by molar-refractivity contribution is 6.01. The lowest BCUT2D eigenvalue weighted by atomic mass is 10.0. The van der Waals surface area contributed by atoms with Crippen molar-refractivity contribution in [1.29, 1.82) is 0 Å². The zero-order valence-corrected chi connectivity index (χ0v) is 11.9. The van der Waals surface area contributed by atoms with Crippen molar-refractivity contribution >= 4 is 11.6 Å². The van der Waals surface area contributed by atoms with Gasteiger partial charge in [0.1, 0.15) is 5.69 Å². The first-order valence-electron chi connectivity index (χ1n) is 6.80. The van der Waals surface area contributed by atoms with Crippen molar-refractivity contribution in [3.63, 3.8) is 0 Å². The van der Waals surface area contributed by atoms with Gasteiger partial charge in [-0.2, -0.15) is 0 Å². The van der Waals surface area contributed by atoms with Crippen molar-refractivity contribution in [1.82, 2.24) is 4.98 Å². The number of carbonyl (C=O) groups is 2. The monoisotopic (exact) mass is 269 g/mol. The fourth-order valence-corrected chi connectivity index (χ4v) is 1.65. The first-order valence-corrected chi connectivity index (χ1v) is 6.80. The van der Waals surface area contributed by atoms with Crippen molar-refractivity contribution in [3.8, 4) is 0 Å². The van der Waals surface area contributed by atoms with Crippen LogP contribution >= 0.6 is 0 Å². The second-order valence-corrected chi connectivity index (χ2v) is 3.93. The smallest absolute Gasteiger partial charge is 0.181 e. The van der Waals surface area contributed by atoms with Gasteiger partial charge in [0.15, 0.2) is 11.6 Å². The van der Waals surface area contributed by atoms with Crippen molar-refractivity contribution < 1.29 is 9.59 Å². The Kier molecular flexibility index (Phi) is 6.90. The van der Waals surface area contributed by atoms with Crippen LogP contribution in [0.4, 0.5) is 0 Å². The summed E-state index contributed by atoms with van der Waals surface area (Å²) in [5, 5.41) is 0. The highest BCUT2D eigenvalue weighted by Gasteiger charge is 2.11. The lowest BCUT2D eigenvalue weighted by Crippen LogP contribution is -2.06. The fourth-order valence-electron chi connectivity index (χ4n) is 1.65. The molecular weight excluding hydrogens is 250 g/mol. The van der Waals surface area contributed by atoms with E-state index in [1.807, 2.05) is 32.0 Å². The van der Waals surface area contributed by atoms with Crippen LogP contribution in [0.1, 0.15) is 47.5 Å². The molecule has 0 aliphatic heterocycles. The fraction of sp³-hybridized carbons (Fsp3) is 0.235. The molecule has 1 aromatic heterocycles. The van der Waals surface area contributed by atoms with Gasteiger partial charge in [-0.15, -0.1) is 0 Å². The number of rotatable bonds is 5. The quantitative estimate of drug-likeness (QED) is 0.772. The number of pyridine rings is 1. The van der Waals surface area contributed by atoms with E-state index in [4.69, 9.17) is 0 Å². The maximum atomic E-state index is 11.8. The molecule has 0 radical (unpaired) electrons. The SMILES string of the molecule is CC.O=C(CCC(=O)c1ccccn1)c1ccccc1. The van der Waals surface area contributed by atoms with Gasteiger partial charge in [0.25, 0.3) is 0 Å². The Labute approximate surface area is 119 Å². The third-order valence-corrected chi connectivity index (χ3v) is 2.63. The molecule has 2 rings (SSSR count). The molecule has 0 spiro atoms. The molecule has 0 aliphatic rings. The number of aromatic nitrogens is 1. The molecule has 1 heterocycles. The molecule has 0 saturated carbocycles. The summed E-state index contributed by atoms with van der Waals surface area (Å²) in [7, 11) is 0. The minimum atomic E-state index is -0.0973. The summed E-state index contributed by atoms with van der Waals surface area (Å²) in [6.07, 6.45) is 2.00. The van der Waals surface area contributed by atoms with Gasteiger partial charge in [0.2, 0.25) is 0 Å². The van der Waals surface area contributed by atoms with Crippen LogP contribution in [0.25, 0.3) is 0 Å². The molecule has 0 bridgehead atoms. The van der Waals surface area contributed by atoms with E-state index in [0.29, 0.717) is 11.3 Å². The number of hydrogen-bond acceptors (Lipinski definition) is 3. The van der Waals surface area contributed by atoms with Crippen LogP contribution in [-0.4, -0.2) is 16.6 Å². The van der Waals surface area contributed by atoms with Gasteiger partial charge in [0, 0.05) is 24.6 Å². The lowest BCUT2D eigenvalue weighted by molar-refractivity contribution is 0.0915. The van der Waals surface area contributed by atoms with Crippen LogP contribution in [-0.2, 0) is 0 Å². The van der Waals surface area contributed by atoms with E-state index in [1.54, 1.807) is 36.5 Å². The molecule has 0 unspecified atom stereocenters. The van der Waals surface area contributed by atoms with E-state index in [-0.39, 0.29) is 24.4 Å². The zero-order chi connectivity index (χ0) is 14.8. The summed E-state index contributed by atoms with van der Waals surface area (Å²) in [6, 6.07) is 14.2. The number of carbonyl (C=O) groups excluding carboxylic acids is 2. The molecule has 20 heavy (non-hydrogen) atoms. The van der Waals surface area contributed by atoms with Gasteiger partial charge in [-0.05, 0) is 12.1 Å². The second kappa shape index (κ2) is 8.75. The first-order chi connectivity index (χ1) is 9.77. The van der Waals surface area contributed by atoms with Gasteiger partial charge in [-0.1, -0.05) is 50.2 Å². The maximum Gasteiger partial charge on any atom is 0.181 e. The van der Waals surface area contributed by atoms with Crippen molar-refractivity contribution in [2.24, 2.45) is 0 Å². The van der Waals surface area contributed by atoms with E-state index in [2.05, 4.69) is 4.98 Å². The van der Waals surface area contributed by atoms with E-state index >= 15 is 0 Å². The van der Waals surface area contributed by atoms with Crippen LogP contribution in [0, 0.1) is 0 Å². The van der Waals surface area contributed by atoms with Crippen molar-refractivity contribution in [2.75, 3.05) is 0 Å². The minimum absolute atomic E-state index is 0.0140. The highest BCUT2D eigenvalue weighted by Crippen LogP contribution is 2.08. The Morgan fingerprint density at radius 1 is 0.850 bits per heavy atom. The Hall–Kier alpha value is -2.29. The molecule has 0 aliphatic carbocycles. The van der Waals surface area contributed by atoms with Crippen LogP contribution in [0.3, 0.4) is 0 Å². The Balaban J connectivity index is 0.000000956. The van der Waals surface area contributed by atoms with Gasteiger partial charge < -0.3 is 0 Å². The van der Waals surface area contributed by atoms with Crippen LogP contribution in [0.5, 0.6) is 0 Å². The molecule has 3 heteroatoms. The number of ketones is 2. The predicted octanol–water partition coefficient (Wildman–Crippen LogP) is 3.95. The Morgan fingerprint density at radius 3 is 2.05 bits per heavy atom. The second-order valence-electron chi connectivity index (χ2n) is 3.93. The Morgan fingerprint density at radius 2 is 1.45 bits per heavy atom. The molecule has 0 saturated heterocycles. The highest BCUT2D eigenvalue weighted by atomic mass is 16.1. The number of nitrogens with zero attached hydrogens (tertiary/aromatic N) is 1. The topological polar surface area (TPSA) is 47.0 Å². The molecule has 0 amide bonds. The third kappa shape index (κ3) is 4.76. The van der Waals surface area contributed by atoms with Gasteiger partial charge in [-0.25, -0.2) is 0 Å². The van der Waals surface area contributed by atoms with E-state index in [1.165, 1.54) is 0 Å². The standard InChI is InChI=1S/C15H13NO2.C2H6/c17-14(12-6-2-1-3-7-12)9-10-15(18)13-8-4-5-11-16-13;1-2/h1-8,11H,9-10H2;1-2H3. The largest absolute Gasteiger partial charge is 0.294 e. The molecule has 104 valence electrons. The molecule has 0 fully saturated rings. The van der Waals surface area contributed by atoms with E-state index < -0.39 is 0 Å². The number of benzene rings is 1. The average molecular weight is 269 g/mol. The number of Topliss-reactive ketones (excluding diaryl/α,β-unsaturated/α-hetero) is 2. The average Bonchev–Trinajstić information content (AvgIpc) is 2.55. The van der Waals surface area contributed by atoms with Crippen molar-refractivity contribution in [3.05, 3.63) is 66.0 Å². The maximum absolute atomic E-state index is 11.8. The third-order valence-electron chi connectivity index (χ3n) is 2.63. The predicted molar refractivity (Wildman–Crippen MR) is 79.9 cm³/mol. The minimum Gasteiger partial charge on any atom is -0.294 e.